The number of hydrogen-bond donors (Lipinski definition) is 1. The number of hydrogen-bond acceptors (Lipinski definition) is 3. The second-order valence-corrected chi connectivity index (χ2v) is 4.04. The molecule has 18 heavy (non-hydrogen) atoms. The Morgan fingerprint density at radius 3 is 2.89 bits per heavy atom. The van der Waals surface area contributed by atoms with Gasteiger partial charge >= 0.3 is 0 Å². The summed E-state index contributed by atoms with van der Waals surface area (Å²) < 4.78 is 19.5. The SMILES string of the molecule is CNCc1ccnc(Oc2cccc(C)c2)c1F. The predicted octanol–water partition coefficient (Wildman–Crippen LogP) is 3.04. The van der Waals surface area contributed by atoms with Crippen molar-refractivity contribution in [2.24, 2.45) is 0 Å². The Balaban J connectivity index is 2.26. The van der Waals surface area contributed by atoms with Gasteiger partial charge in [0.2, 0.25) is 0 Å². The van der Waals surface area contributed by atoms with Gasteiger partial charge in [-0.25, -0.2) is 9.37 Å². The number of benzene rings is 1. The molecule has 4 heteroatoms. The molecule has 2 rings (SSSR count). The van der Waals surface area contributed by atoms with Crippen molar-refractivity contribution in [2.75, 3.05) is 7.05 Å². The van der Waals surface area contributed by atoms with E-state index in [9.17, 15) is 4.39 Å². The van der Waals surface area contributed by atoms with Gasteiger partial charge in [-0.1, -0.05) is 12.1 Å². The van der Waals surface area contributed by atoms with Crippen molar-refractivity contribution in [1.29, 1.82) is 0 Å². The Hall–Kier alpha value is -1.94. The van der Waals surface area contributed by atoms with E-state index >= 15 is 0 Å². The average molecular weight is 246 g/mol. The van der Waals surface area contributed by atoms with E-state index in [-0.39, 0.29) is 5.88 Å². The summed E-state index contributed by atoms with van der Waals surface area (Å²) in [6, 6.07) is 9.06. The fourth-order valence-electron chi connectivity index (χ4n) is 1.65. The molecule has 0 aliphatic heterocycles. The maximum atomic E-state index is 14.0. The summed E-state index contributed by atoms with van der Waals surface area (Å²) in [7, 11) is 1.76. The number of aryl methyl sites for hydroxylation is 1. The van der Waals surface area contributed by atoms with E-state index in [2.05, 4.69) is 10.3 Å². The summed E-state index contributed by atoms with van der Waals surface area (Å²) in [5, 5.41) is 2.90. The smallest absolute Gasteiger partial charge is 0.256 e. The van der Waals surface area contributed by atoms with E-state index in [1.807, 2.05) is 25.1 Å². The molecule has 2 aromatic rings. The zero-order chi connectivity index (χ0) is 13.0. The summed E-state index contributed by atoms with van der Waals surface area (Å²) >= 11 is 0. The summed E-state index contributed by atoms with van der Waals surface area (Å²) in [6.45, 7) is 2.40. The minimum atomic E-state index is -0.423. The molecule has 0 fully saturated rings. The van der Waals surface area contributed by atoms with Crippen LogP contribution in [-0.2, 0) is 6.54 Å². The number of nitrogens with one attached hydrogen (secondary N) is 1. The van der Waals surface area contributed by atoms with Crippen LogP contribution in [0.25, 0.3) is 0 Å². The Kier molecular flexibility index (Phi) is 3.89. The van der Waals surface area contributed by atoms with Gasteiger partial charge in [-0.3, -0.25) is 0 Å². The van der Waals surface area contributed by atoms with E-state index in [4.69, 9.17) is 4.74 Å². The molecule has 0 aliphatic carbocycles. The molecule has 0 saturated heterocycles. The lowest BCUT2D eigenvalue weighted by Gasteiger charge is -2.08. The molecule has 0 unspecified atom stereocenters. The van der Waals surface area contributed by atoms with Gasteiger partial charge in [0.1, 0.15) is 5.75 Å². The van der Waals surface area contributed by atoms with Crippen LogP contribution in [0.3, 0.4) is 0 Å². The van der Waals surface area contributed by atoms with Crippen molar-refractivity contribution in [3.63, 3.8) is 0 Å². The van der Waals surface area contributed by atoms with Crippen molar-refractivity contribution in [3.8, 4) is 11.6 Å². The van der Waals surface area contributed by atoms with E-state index in [0.717, 1.165) is 5.56 Å². The van der Waals surface area contributed by atoms with E-state index in [0.29, 0.717) is 17.9 Å². The molecule has 0 radical (unpaired) electrons. The van der Waals surface area contributed by atoms with E-state index in [1.54, 1.807) is 25.4 Å². The fourth-order valence-corrected chi connectivity index (χ4v) is 1.65. The van der Waals surface area contributed by atoms with Crippen LogP contribution in [-0.4, -0.2) is 12.0 Å². The van der Waals surface area contributed by atoms with Gasteiger partial charge in [-0.15, -0.1) is 0 Å². The summed E-state index contributed by atoms with van der Waals surface area (Å²) in [5.74, 6) is 0.171. The predicted molar refractivity (Wildman–Crippen MR) is 68.2 cm³/mol. The van der Waals surface area contributed by atoms with Gasteiger partial charge in [0.05, 0.1) is 0 Å². The number of nitrogens with zero attached hydrogens (tertiary/aromatic N) is 1. The highest BCUT2D eigenvalue weighted by Gasteiger charge is 2.11. The minimum Gasteiger partial charge on any atom is -0.436 e. The molecule has 0 saturated carbocycles. The topological polar surface area (TPSA) is 34.2 Å². The second kappa shape index (κ2) is 5.60. The molecule has 0 aliphatic rings. The van der Waals surface area contributed by atoms with Gasteiger partial charge in [-0.05, 0) is 37.7 Å². The van der Waals surface area contributed by atoms with Crippen LogP contribution in [0.1, 0.15) is 11.1 Å². The molecule has 0 amide bonds. The van der Waals surface area contributed by atoms with E-state index < -0.39 is 5.82 Å². The quantitative estimate of drug-likeness (QED) is 0.900. The van der Waals surface area contributed by atoms with Crippen LogP contribution in [0, 0.1) is 12.7 Å². The van der Waals surface area contributed by atoms with E-state index in [1.165, 1.54) is 0 Å². The van der Waals surface area contributed by atoms with Crippen LogP contribution in [0.2, 0.25) is 0 Å². The molecule has 1 N–H and O–H groups in total. The maximum Gasteiger partial charge on any atom is 0.256 e. The molecule has 3 nitrogen and oxygen atoms in total. The largest absolute Gasteiger partial charge is 0.436 e. The highest BCUT2D eigenvalue weighted by atomic mass is 19.1. The lowest BCUT2D eigenvalue weighted by atomic mass is 10.2. The number of ether oxygens (including phenoxy) is 1. The van der Waals surface area contributed by atoms with Gasteiger partial charge in [-0.2, -0.15) is 0 Å². The monoisotopic (exact) mass is 246 g/mol. The molecule has 1 heterocycles. The average Bonchev–Trinajstić information content (AvgIpc) is 2.35. The van der Waals surface area contributed by atoms with Crippen LogP contribution in [0.5, 0.6) is 11.6 Å². The van der Waals surface area contributed by atoms with Crippen molar-refractivity contribution in [1.82, 2.24) is 10.3 Å². The summed E-state index contributed by atoms with van der Waals surface area (Å²) in [4.78, 5) is 3.92. The normalized spacial score (nSPS) is 10.4. The number of aromatic nitrogens is 1. The first-order valence-electron chi connectivity index (χ1n) is 5.73. The highest BCUT2D eigenvalue weighted by molar-refractivity contribution is 5.32. The Morgan fingerprint density at radius 1 is 1.33 bits per heavy atom. The lowest BCUT2D eigenvalue weighted by Crippen LogP contribution is -2.08. The molecular formula is C14H15FN2O. The number of halogens is 1. The first-order valence-corrected chi connectivity index (χ1v) is 5.73. The lowest BCUT2D eigenvalue weighted by molar-refractivity contribution is 0.418. The molecule has 1 aromatic heterocycles. The summed E-state index contributed by atoms with van der Waals surface area (Å²) in [6.07, 6.45) is 1.54. The third-order valence-electron chi connectivity index (χ3n) is 2.51. The Labute approximate surface area is 106 Å². The van der Waals surface area contributed by atoms with Crippen molar-refractivity contribution >= 4 is 0 Å². The van der Waals surface area contributed by atoms with Gasteiger partial charge in [0.25, 0.3) is 5.88 Å². The van der Waals surface area contributed by atoms with Gasteiger partial charge < -0.3 is 10.1 Å². The van der Waals surface area contributed by atoms with Crippen molar-refractivity contribution in [3.05, 3.63) is 53.5 Å². The van der Waals surface area contributed by atoms with Crippen LogP contribution in [0.4, 0.5) is 4.39 Å². The van der Waals surface area contributed by atoms with Crippen molar-refractivity contribution < 1.29 is 9.13 Å². The standard InChI is InChI=1S/C14H15FN2O/c1-10-4-3-5-12(8-10)18-14-13(15)11(9-16-2)6-7-17-14/h3-8,16H,9H2,1-2H3. The third-order valence-corrected chi connectivity index (χ3v) is 2.51. The number of pyridine rings is 1. The molecule has 1 aromatic carbocycles. The Bertz CT molecular complexity index is 543. The molecule has 0 spiro atoms. The minimum absolute atomic E-state index is 0.00773. The van der Waals surface area contributed by atoms with Crippen LogP contribution >= 0.6 is 0 Å². The second-order valence-electron chi connectivity index (χ2n) is 4.04. The first-order chi connectivity index (χ1) is 8.70. The third kappa shape index (κ3) is 2.84. The molecule has 0 bridgehead atoms. The van der Waals surface area contributed by atoms with Crippen molar-refractivity contribution in [2.45, 2.75) is 13.5 Å². The zero-order valence-corrected chi connectivity index (χ0v) is 10.4. The zero-order valence-electron chi connectivity index (χ0n) is 10.4. The molecule has 94 valence electrons. The number of rotatable bonds is 4. The molecule has 0 atom stereocenters. The van der Waals surface area contributed by atoms with Crippen LogP contribution < -0.4 is 10.1 Å². The summed E-state index contributed by atoms with van der Waals surface area (Å²) in [5.41, 5.74) is 1.59. The van der Waals surface area contributed by atoms with Gasteiger partial charge in [0.15, 0.2) is 5.82 Å². The maximum absolute atomic E-state index is 14.0. The fraction of sp³-hybridized carbons (Fsp3) is 0.214. The van der Waals surface area contributed by atoms with Gasteiger partial charge in [0, 0.05) is 18.3 Å². The Morgan fingerprint density at radius 2 is 2.17 bits per heavy atom. The molecular weight excluding hydrogens is 231 g/mol. The first kappa shape index (κ1) is 12.5. The van der Waals surface area contributed by atoms with Crippen LogP contribution in [0.15, 0.2) is 36.5 Å². The highest BCUT2D eigenvalue weighted by Crippen LogP contribution is 2.24.